The lowest BCUT2D eigenvalue weighted by Crippen LogP contribution is -2.13. The SMILES string of the molecule is COc1ccc(C)cc1NC(=O)c1nnc(-c2ccc(C)cc2)o1. The highest BCUT2D eigenvalue weighted by Gasteiger charge is 2.17. The van der Waals surface area contributed by atoms with Crippen LogP contribution in [0.2, 0.25) is 0 Å². The number of nitrogens with one attached hydrogen (secondary N) is 1. The Morgan fingerprint density at radius 1 is 1.04 bits per heavy atom. The van der Waals surface area contributed by atoms with E-state index >= 15 is 0 Å². The van der Waals surface area contributed by atoms with E-state index in [4.69, 9.17) is 9.15 Å². The Labute approximate surface area is 139 Å². The zero-order valence-electron chi connectivity index (χ0n) is 13.7. The van der Waals surface area contributed by atoms with Crippen LogP contribution in [0.4, 0.5) is 5.69 Å². The molecule has 0 saturated carbocycles. The molecule has 1 heterocycles. The molecule has 24 heavy (non-hydrogen) atoms. The molecule has 1 amide bonds. The van der Waals surface area contributed by atoms with E-state index in [1.165, 1.54) is 0 Å². The van der Waals surface area contributed by atoms with Crippen LogP contribution in [0.25, 0.3) is 11.5 Å². The Bertz CT molecular complexity index is 869. The van der Waals surface area contributed by atoms with Gasteiger partial charge >= 0.3 is 11.8 Å². The van der Waals surface area contributed by atoms with Crippen LogP contribution >= 0.6 is 0 Å². The molecule has 0 spiro atoms. The molecule has 1 N–H and O–H groups in total. The minimum atomic E-state index is -0.482. The van der Waals surface area contributed by atoms with Crippen LogP contribution in [-0.4, -0.2) is 23.2 Å². The summed E-state index contributed by atoms with van der Waals surface area (Å²) < 4.78 is 10.7. The predicted octanol–water partition coefficient (Wildman–Crippen LogP) is 3.61. The molecule has 0 fully saturated rings. The molecule has 3 rings (SSSR count). The normalized spacial score (nSPS) is 10.5. The van der Waals surface area contributed by atoms with E-state index in [1.54, 1.807) is 13.2 Å². The molecule has 0 aliphatic rings. The molecule has 0 radical (unpaired) electrons. The Hall–Kier alpha value is -3.15. The number of amides is 1. The highest BCUT2D eigenvalue weighted by atomic mass is 16.5. The van der Waals surface area contributed by atoms with Gasteiger partial charge in [0.15, 0.2) is 0 Å². The molecule has 0 atom stereocenters. The summed E-state index contributed by atoms with van der Waals surface area (Å²) in [6.07, 6.45) is 0. The molecule has 6 heteroatoms. The fourth-order valence-electron chi connectivity index (χ4n) is 2.22. The Morgan fingerprint density at radius 3 is 2.46 bits per heavy atom. The summed E-state index contributed by atoms with van der Waals surface area (Å²) in [6, 6.07) is 13.1. The van der Waals surface area contributed by atoms with Gasteiger partial charge in [-0.05, 0) is 43.7 Å². The summed E-state index contributed by atoms with van der Waals surface area (Å²) in [4.78, 5) is 12.3. The summed E-state index contributed by atoms with van der Waals surface area (Å²) in [5, 5.41) is 10.5. The number of aromatic nitrogens is 2. The van der Waals surface area contributed by atoms with Gasteiger partial charge in [0.2, 0.25) is 5.89 Å². The van der Waals surface area contributed by atoms with Crippen LogP contribution in [0.1, 0.15) is 21.8 Å². The number of hydrogen-bond acceptors (Lipinski definition) is 5. The van der Waals surface area contributed by atoms with Crippen LogP contribution in [0.5, 0.6) is 5.75 Å². The van der Waals surface area contributed by atoms with E-state index in [2.05, 4.69) is 15.5 Å². The molecule has 2 aromatic carbocycles. The van der Waals surface area contributed by atoms with Gasteiger partial charge < -0.3 is 14.5 Å². The Kier molecular flexibility index (Phi) is 4.29. The maximum absolute atomic E-state index is 12.3. The highest BCUT2D eigenvalue weighted by Crippen LogP contribution is 2.26. The third-order valence-electron chi connectivity index (χ3n) is 3.52. The van der Waals surface area contributed by atoms with E-state index in [-0.39, 0.29) is 5.89 Å². The van der Waals surface area contributed by atoms with Crippen molar-refractivity contribution in [3.8, 4) is 17.2 Å². The second kappa shape index (κ2) is 6.54. The second-order valence-electron chi connectivity index (χ2n) is 5.44. The molecule has 0 saturated heterocycles. The first-order valence-electron chi connectivity index (χ1n) is 7.43. The predicted molar refractivity (Wildman–Crippen MR) is 90.2 cm³/mol. The van der Waals surface area contributed by atoms with Gasteiger partial charge in [-0.15, -0.1) is 10.2 Å². The van der Waals surface area contributed by atoms with E-state index in [0.29, 0.717) is 17.3 Å². The fourth-order valence-corrected chi connectivity index (χ4v) is 2.22. The van der Waals surface area contributed by atoms with Crippen molar-refractivity contribution in [2.24, 2.45) is 0 Å². The minimum absolute atomic E-state index is 0.103. The van der Waals surface area contributed by atoms with Gasteiger partial charge in [-0.1, -0.05) is 23.8 Å². The van der Waals surface area contributed by atoms with E-state index < -0.39 is 5.91 Å². The highest BCUT2D eigenvalue weighted by molar-refractivity contribution is 6.01. The van der Waals surface area contributed by atoms with Gasteiger partial charge in [-0.3, -0.25) is 4.79 Å². The molecule has 122 valence electrons. The number of aryl methyl sites for hydroxylation is 2. The van der Waals surface area contributed by atoms with Crippen molar-refractivity contribution in [3.05, 3.63) is 59.5 Å². The van der Waals surface area contributed by atoms with Crippen molar-refractivity contribution < 1.29 is 13.9 Å². The molecule has 0 bridgehead atoms. The Morgan fingerprint density at radius 2 is 1.75 bits per heavy atom. The lowest BCUT2D eigenvalue weighted by Gasteiger charge is -2.09. The van der Waals surface area contributed by atoms with Crippen molar-refractivity contribution in [2.45, 2.75) is 13.8 Å². The van der Waals surface area contributed by atoms with E-state index in [9.17, 15) is 4.79 Å². The summed E-state index contributed by atoms with van der Waals surface area (Å²) >= 11 is 0. The number of hydrogen-bond donors (Lipinski definition) is 1. The minimum Gasteiger partial charge on any atom is -0.495 e. The number of methoxy groups -OCH3 is 1. The molecule has 6 nitrogen and oxygen atoms in total. The third-order valence-corrected chi connectivity index (χ3v) is 3.52. The number of carbonyl (C=O) groups is 1. The standard InChI is InChI=1S/C18H17N3O3/c1-11-4-7-13(8-5-11)17-20-21-18(24-17)16(22)19-14-10-12(2)6-9-15(14)23-3/h4-10H,1-3H3,(H,19,22). The molecule has 1 aromatic heterocycles. The van der Waals surface area contributed by atoms with Gasteiger partial charge in [-0.2, -0.15) is 0 Å². The van der Waals surface area contributed by atoms with Gasteiger partial charge in [0, 0.05) is 5.56 Å². The van der Waals surface area contributed by atoms with Crippen molar-refractivity contribution in [1.82, 2.24) is 10.2 Å². The third kappa shape index (κ3) is 3.27. The number of anilines is 1. The average molecular weight is 323 g/mol. The summed E-state index contributed by atoms with van der Waals surface area (Å²) in [6.45, 7) is 3.92. The van der Waals surface area contributed by atoms with Gasteiger partial charge in [-0.25, -0.2) is 0 Å². The van der Waals surface area contributed by atoms with Gasteiger partial charge in [0.05, 0.1) is 12.8 Å². The molecular formula is C18H17N3O3. The molecular weight excluding hydrogens is 306 g/mol. The van der Waals surface area contributed by atoms with Crippen LogP contribution in [0.15, 0.2) is 46.9 Å². The number of carbonyl (C=O) groups excluding carboxylic acids is 1. The van der Waals surface area contributed by atoms with Crippen molar-refractivity contribution >= 4 is 11.6 Å². The average Bonchev–Trinajstić information content (AvgIpc) is 3.06. The van der Waals surface area contributed by atoms with Gasteiger partial charge in [0.25, 0.3) is 0 Å². The largest absolute Gasteiger partial charge is 0.495 e. The number of benzene rings is 2. The van der Waals surface area contributed by atoms with Gasteiger partial charge in [0.1, 0.15) is 5.75 Å². The summed E-state index contributed by atoms with van der Waals surface area (Å²) in [7, 11) is 1.54. The van der Waals surface area contributed by atoms with Crippen LogP contribution in [-0.2, 0) is 0 Å². The smallest absolute Gasteiger partial charge is 0.313 e. The van der Waals surface area contributed by atoms with E-state index in [0.717, 1.165) is 16.7 Å². The lowest BCUT2D eigenvalue weighted by atomic mass is 10.1. The summed E-state index contributed by atoms with van der Waals surface area (Å²) in [5.41, 5.74) is 3.44. The first-order valence-corrected chi connectivity index (χ1v) is 7.43. The van der Waals surface area contributed by atoms with Crippen molar-refractivity contribution in [1.29, 1.82) is 0 Å². The number of rotatable bonds is 4. The Balaban J connectivity index is 1.81. The number of nitrogens with zero attached hydrogens (tertiary/aromatic N) is 2. The van der Waals surface area contributed by atoms with Crippen LogP contribution in [0, 0.1) is 13.8 Å². The first-order chi connectivity index (χ1) is 11.6. The molecule has 0 unspecified atom stereocenters. The zero-order chi connectivity index (χ0) is 17.1. The van der Waals surface area contributed by atoms with Crippen LogP contribution in [0.3, 0.4) is 0 Å². The quantitative estimate of drug-likeness (QED) is 0.793. The lowest BCUT2D eigenvalue weighted by molar-refractivity contribution is 0.0990. The maximum atomic E-state index is 12.3. The van der Waals surface area contributed by atoms with E-state index in [1.807, 2.05) is 50.2 Å². The van der Waals surface area contributed by atoms with Crippen LogP contribution < -0.4 is 10.1 Å². The molecule has 3 aromatic rings. The number of ether oxygens (including phenoxy) is 1. The second-order valence-corrected chi connectivity index (χ2v) is 5.44. The summed E-state index contributed by atoms with van der Waals surface area (Å²) in [5.74, 6) is 0.280. The van der Waals surface area contributed by atoms with Crippen molar-refractivity contribution in [3.63, 3.8) is 0 Å². The monoisotopic (exact) mass is 323 g/mol. The molecule has 0 aliphatic carbocycles. The molecule has 0 aliphatic heterocycles. The zero-order valence-corrected chi connectivity index (χ0v) is 13.7. The maximum Gasteiger partial charge on any atom is 0.313 e. The first kappa shape index (κ1) is 15.7. The fraction of sp³-hybridized carbons (Fsp3) is 0.167. The van der Waals surface area contributed by atoms with Crippen molar-refractivity contribution in [2.75, 3.05) is 12.4 Å². The topological polar surface area (TPSA) is 77.2 Å².